The fourth-order valence-electron chi connectivity index (χ4n) is 3.36. The number of hydrogen-bond acceptors (Lipinski definition) is 4. The summed E-state index contributed by atoms with van der Waals surface area (Å²) in [6, 6.07) is 1.69. The van der Waals surface area contributed by atoms with Crippen molar-refractivity contribution >= 4 is 11.7 Å². The third-order valence-corrected chi connectivity index (χ3v) is 4.48. The van der Waals surface area contributed by atoms with E-state index in [1.807, 2.05) is 0 Å². The lowest BCUT2D eigenvalue weighted by atomic mass is 9.97. The van der Waals surface area contributed by atoms with Crippen LogP contribution in [0.5, 0.6) is 0 Å². The molecule has 1 amide bonds. The van der Waals surface area contributed by atoms with Gasteiger partial charge in [-0.25, -0.2) is 0 Å². The van der Waals surface area contributed by atoms with Crippen LogP contribution in [0.15, 0.2) is 10.5 Å². The van der Waals surface area contributed by atoms with Gasteiger partial charge in [-0.3, -0.25) is 9.59 Å². The second kappa shape index (κ2) is 6.02. The third-order valence-electron chi connectivity index (χ3n) is 4.48. The van der Waals surface area contributed by atoms with E-state index in [-0.39, 0.29) is 30.1 Å². The highest BCUT2D eigenvalue weighted by atomic mass is 16.4. The van der Waals surface area contributed by atoms with Crippen molar-refractivity contribution < 1.29 is 19.1 Å². The van der Waals surface area contributed by atoms with Crippen LogP contribution >= 0.6 is 0 Å². The summed E-state index contributed by atoms with van der Waals surface area (Å²) in [6.45, 7) is 0.782. The van der Waals surface area contributed by atoms with Crippen LogP contribution in [0.4, 0.5) is 0 Å². The minimum atomic E-state index is -0.143. The molecule has 3 rings (SSSR count). The number of amides is 1. The van der Waals surface area contributed by atoms with Gasteiger partial charge in [0.25, 0.3) is 5.91 Å². The number of aliphatic hydroxyl groups excluding tert-OH is 1. The van der Waals surface area contributed by atoms with Crippen LogP contribution in [-0.4, -0.2) is 40.9 Å². The first-order chi connectivity index (χ1) is 10.2. The van der Waals surface area contributed by atoms with Gasteiger partial charge < -0.3 is 14.4 Å². The molecule has 5 nitrogen and oxygen atoms in total. The molecule has 1 N–H and O–H groups in total. The van der Waals surface area contributed by atoms with Crippen molar-refractivity contribution in [3.8, 4) is 0 Å². The Morgan fingerprint density at radius 2 is 2.19 bits per heavy atom. The number of fused-ring (bicyclic) bond motifs is 1. The molecule has 1 aliphatic heterocycles. The van der Waals surface area contributed by atoms with Gasteiger partial charge in [-0.2, -0.15) is 0 Å². The topological polar surface area (TPSA) is 70.8 Å². The van der Waals surface area contributed by atoms with Crippen LogP contribution in [0.3, 0.4) is 0 Å². The number of furan rings is 1. The first-order valence-corrected chi connectivity index (χ1v) is 7.78. The zero-order valence-corrected chi connectivity index (χ0v) is 12.1. The molecule has 2 heterocycles. The Hall–Kier alpha value is -1.62. The molecule has 0 saturated carbocycles. The van der Waals surface area contributed by atoms with Crippen molar-refractivity contribution in [2.75, 3.05) is 13.2 Å². The fourth-order valence-corrected chi connectivity index (χ4v) is 3.36. The second-order valence-electron chi connectivity index (χ2n) is 5.88. The van der Waals surface area contributed by atoms with E-state index < -0.39 is 0 Å². The second-order valence-corrected chi connectivity index (χ2v) is 5.88. The highest BCUT2D eigenvalue weighted by molar-refractivity contribution is 6.01. The van der Waals surface area contributed by atoms with E-state index in [1.165, 1.54) is 0 Å². The number of carbonyl (C=O) groups excluding carboxylic acids is 2. The van der Waals surface area contributed by atoms with Gasteiger partial charge in [0.2, 0.25) is 0 Å². The summed E-state index contributed by atoms with van der Waals surface area (Å²) in [5.74, 6) is 0.866. The normalized spacial score (nSPS) is 22.2. The molecule has 1 aromatic heterocycles. The van der Waals surface area contributed by atoms with E-state index in [2.05, 4.69) is 0 Å². The van der Waals surface area contributed by atoms with E-state index in [1.54, 1.807) is 11.0 Å². The summed E-state index contributed by atoms with van der Waals surface area (Å²) in [7, 11) is 0. The predicted molar refractivity (Wildman–Crippen MR) is 76.4 cm³/mol. The number of ketones is 1. The lowest BCUT2D eigenvalue weighted by Gasteiger charge is -2.34. The van der Waals surface area contributed by atoms with Crippen LogP contribution < -0.4 is 0 Å². The molecule has 1 aromatic rings. The first kappa shape index (κ1) is 14.3. The summed E-state index contributed by atoms with van der Waals surface area (Å²) in [6.07, 6.45) is 5.65. The molecule has 2 aliphatic rings. The lowest BCUT2D eigenvalue weighted by Crippen LogP contribution is -2.44. The minimum Gasteiger partial charge on any atom is -0.455 e. The molecule has 1 atom stereocenters. The SMILES string of the molecule is O=C1CCCc2oc(C(=O)N3CCCCC3CCO)cc21. The molecule has 1 fully saturated rings. The zero-order chi connectivity index (χ0) is 14.8. The summed E-state index contributed by atoms with van der Waals surface area (Å²) in [5.41, 5.74) is 0.584. The van der Waals surface area contributed by atoms with Crippen molar-refractivity contribution in [1.82, 2.24) is 4.90 Å². The van der Waals surface area contributed by atoms with Crippen LogP contribution in [0, 0.1) is 0 Å². The molecule has 5 heteroatoms. The number of piperidine rings is 1. The molecule has 0 aromatic carbocycles. The predicted octanol–water partition coefficient (Wildman–Crippen LogP) is 2.18. The smallest absolute Gasteiger partial charge is 0.289 e. The maximum absolute atomic E-state index is 12.6. The van der Waals surface area contributed by atoms with Crippen LogP contribution in [0.25, 0.3) is 0 Å². The average Bonchev–Trinajstić information content (AvgIpc) is 2.93. The molecule has 0 bridgehead atoms. The number of hydrogen-bond donors (Lipinski definition) is 1. The quantitative estimate of drug-likeness (QED) is 0.926. The number of rotatable bonds is 3. The zero-order valence-electron chi connectivity index (χ0n) is 12.1. The Morgan fingerprint density at radius 1 is 1.33 bits per heavy atom. The highest BCUT2D eigenvalue weighted by Gasteiger charge is 2.31. The van der Waals surface area contributed by atoms with Gasteiger partial charge in [0.1, 0.15) is 5.76 Å². The molecular formula is C16H21NO4. The molecule has 1 saturated heterocycles. The molecule has 0 spiro atoms. The summed E-state index contributed by atoms with van der Waals surface area (Å²) in [4.78, 5) is 26.3. The highest BCUT2D eigenvalue weighted by Crippen LogP contribution is 2.27. The van der Waals surface area contributed by atoms with Crippen LogP contribution in [0.2, 0.25) is 0 Å². The molecule has 21 heavy (non-hydrogen) atoms. The molecule has 1 unspecified atom stereocenters. The van der Waals surface area contributed by atoms with E-state index in [0.717, 1.165) is 32.1 Å². The van der Waals surface area contributed by atoms with E-state index >= 15 is 0 Å². The van der Waals surface area contributed by atoms with Gasteiger partial charge in [-0.1, -0.05) is 0 Å². The minimum absolute atomic E-state index is 0.0737. The lowest BCUT2D eigenvalue weighted by molar-refractivity contribution is 0.0540. The van der Waals surface area contributed by atoms with Crippen molar-refractivity contribution in [2.45, 2.75) is 51.0 Å². The van der Waals surface area contributed by atoms with Gasteiger partial charge in [-0.15, -0.1) is 0 Å². The molecule has 1 aliphatic carbocycles. The third kappa shape index (κ3) is 2.75. The fraction of sp³-hybridized carbons (Fsp3) is 0.625. The van der Waals surface area contributed by atoms with Gasteiger partial charge in [0.05, 0.1) is 5.56 Å². The standard InChI is InChI=1S/C16H21NO4/c18-9-7-11-4-1-2-8-17(11)16(20)15-10-12-13(19)5-3-6-14(12)21-15/h10-11,18H,1-9H2. The summed E-state index contributed by atoms with van der Waals surface area (Å²) < 4.78 is 5.64. The number of aliphatic hydroxyl groups is 1. The Bertz CT molecular complexity index is 546. The maximum atomic E-state index is 12.6. The molecular weight excluding hydrogens is 270 g/mol. The number of likely N-dealkylation sites (tertiary alicyclic amines) is 1. The monoisotopic (exact) mass is 291 g/mol. The Balaban J connectivity index is 1.82. The Kier molecular flexibility index (Phi) is 4.10. The first-order valence-electron chi connectivity index (χ1n) is 7.78. The maximum Gasteiger partial charge on any atom is 0.289 e. The van der Waals surface area contributed by atoms with Gasteiger partial charge in [0.15, 0.2) is 11.5 Å². The van der Waals surface area contributed by atoms with Gasteiger partial charge in [-0.05, 0) is 32.1 Å². The summed E-state index contributed by atoms with van der Waals surface area (Å²) >= 11 is 0. The number of nitrogens with zero attached hydrogens (tertiary/aromatic N) is 1. The Morgan fingerprint density at radius 3 is 2.95 bits per heavy atom. The number of carbonyl (C=O) groups is 2. The number of aryl methyl sites for hydroxylation is 1. The largest absolute Gasteiger partial charge is 0.455 e. The van der Waals surface area contributed by atoms with E-state index in [9.17, 15) is 9.59 Å². The van der Waals surface area contributed by atoms with Crippen molar-refractivity contribution in [3.05, 3.63) is 23.2 Å². The molecule has 0 radical (unpaired) electrons. The summed E-state index contributed by atoms with van der Waals surface area (Å²) in [5, 5.41) is 9.15. The van der Waals surface area contributed by atoms with Crippen LogP contribution in [-0.2, 0) is 6.42 Å². The average molecular weight is 291 g/mol. The van der Waals surface area contributed by atoms with Gasteiger partial charge in [0, 0.05) is 38.1 Å². The van der Waals surface area contributed by atoms with E-state index in [0.29, 0.717) is 30.7 Å². The Labute approximate surface area is 123 Å². The molecule has 114 valence electrons. The van der Waals surface area contributed by atoms with Crippen LogP contribution in [0.1, 0.15) is 65.2 Å². The van der Waals surface area contributed by atoms with Crippen molar-refractivity contribution in [3.63, 3.8) is 0 Å². The van der Waals surface area contributed by atoms with Gasteiger partial charge >= 0.3 is 0 Å². The van der Waals surface area contributed by atoms with E-state index in [4.69, 9.17) is 9.52 Å². The van der Waals surface area contributed by atoms with Crippen molar-refractivity contribution in [1.29, 1.82) is 0 Å². The number of Topliss-reactive ketones (excluding diaryl/α,β-unsaturated/α-hetero) is 1. The van der Waals surface area contributed by atoms with Crippen molar-refractivity contribution in [2.24, 2.45) is 0 Å².